The van der Waals surface area contributed by atoms with Gasteiger partial charge in [0.1, 0.15) is 11.7 Å². The second kappa shape index (κ2) is 18.3. The maximum atomic E-state index is 13.3. The van der Waals surface area contributed by atoms with E-state index in [0.717, 1.165) is 26.2 Å². The number of esters is 1. The van der Waals surface area contributed by atoms with Gasteiger partial charge in [-0.25, -0.2) is 4.79 Å². The van der Waals surface area contributed by atoms with Crippen LogP contribution in [0.5, 0.6) is 0 Å². The van der Waals surface area contributed by atoms with Crippen LogP contribution in [0.1, 0.15) is 73.6 Å². The summed E-state index contributed by atoms with van der Waals surface area (Å²) in [4.78, 5) is 32.2. The highest BCUT2D eigenvalue weighted by atomic mass is 16.6. The number of hydrogen-bond donors (Lipinski definition) is 4. The summed E-state index contributed by atoms with van der Waals surface area (Å²) in [5, 5.41) is 43.3. The van der Waals surface area contributed by atoms with Crippen LogP contribution in [0, 0.1) is 11.8 Å². The number of likely N-dealkylation sites (N-methyl/N-ethyl adjacent to an activating group) is 1. The molecule has 3 rings (SSSR count). The van der Waals surface area contributed by atoms with Crippen LogP contribution in [0.2, 0.25) is 0 Å². The number of rotatable bonds is 12. The molecule has 0 spiro atoms. The quantitative estimate of drug-likeness (QED) is 0.103. The Morgan fingerprint density at radius 3 is 2.55 bits per heavy atom. The molecule has 0 aromatic rings. The molecule has 0 saturated carbocycles. The van der Waals surface area contributed by atoms with E-state index < -0.39 is 47.7 Å². The number of carbonyl (C=O) groups excluding carboxylic acids is 2. The lowest BCUT2D eigenvalue weighted by molar-refractivity contribution is -0.151. The van der Waals surface area contributed by atoms with Crippen molar-refractivity contribution in [2.45, 2.75) is 121 Å². The lowest BCUT2D eigenvalue weighted by Crippen LogP contribution is -2.52. The molecule has 0 radical (unpaired) electrons. The van der Waals surface area contributed by atoms with Crippen LogP contribution in [0.25, 0.3) is 0 Å². The summed E-state index contributed by atoms with van der Waals surface area (Å²) in [6.07, 6.45) is 5.70. The van der Waals surface area contributed by atoms with E-state index in [-0.39, 0.29) is 43.3 Å². The summed E-state index contributed by atoms with van der Waals surface area (Å²) in [6, 6.07) is 0. The van der Waals surface area contributed by atoms with Crippen LogP contribution in [-0.2, 0) is 19.0 Å². The minimum Gasteiger partial charge on any atom is -0.457 e. The Balaban J connectivity index is 1.71. The summed E-state index contributed by atoms with van der Waals surface area (Å²) in [7, 11) is 4.07. The number of ether oxygens (including phenoxy) is 3. The van der Waals surface area contributed by atoms with Crippen LogP contribution >= 0.6 is 0 Å². The third-order valence-corrected chi connectivity index (χ3v) is 10.1. The number of aliphatic hydroxyl groups is 4. The first kappa shape index (κ1) is 41.1. The van der Waals surface area contributed by atoms with Crippen molar-refractivity contribution in [2.24, 2.45) is 11.8 Å². The Morgan fingerprint density at radius 1 is 1.24 bits per heavy atom. The van der Waals surface area contributed by atoms with E-state index in [1.165, 1.54) is 0 Å². The molecule has 0 aromatic heterocycles. The van der Waals surface area contributed by atoms with Crippen molar-refractivity contribution in [3.8, 4) is 0 Å². The van der Waals surface area contributed by atoms with Gasteiger partial charge in [-0.2, -0.15) is 0 Å². The maximum absolute atomic E-state index is 13.3. The molecule has 10 unspecified atom stereocenters. The fourth-order valence-corrected chi connectivity index (χ4v) is 6.48. The van der Waals surface area contributed by atoms with Crippen molar-refractivity contribution in [2.75, 3.05) is 53.4 Å². The van der Waals surface area contributed by atoms with Crippen molar-refractivity contribution in [1.29, 1.82) is 0 Å². The third-order valence-electron chi connectivity index (χ3n) is 10.1. The smallest absolute Gasteiger partial charge is 0.410 e. The first-order chi connectivity index (χ1) is 22.9. The van der Waals surface area contributed by atoms with Crippen LogP contribution < -0.4 is 0 Å². The Morgan fingerprint density at radius 2 is 1.92 bits per heavy atom. The zero-order chi connectivity index (χ0) is 36.5. The highest BCUT2D eigenvalue weighted by Crippen LogP contribution is 2.37. The lowest BCUT2D eigenvalue weighted by atomic mass is 9.88. The minimum absolute atomic E-state index is 0.0126. The summed E-state index contributed by atoms with van der Waals surface area (Å²) in [5.41, 5.74) is -1.95. The van der Waals surface area contributed by atoms with Gasteiger partial charge in [-0.15, -0.1) is 0 Å². The molecule has 0 aliphatic carbocycles. The van der Waals surface area contributed by atoms with Crippen LogP contribution in [-0.4, -0.2) is 148 Å². The molecule has 2 fully saturated rings. The van der Waals surface area contributed by atoms with Gasteiger partial charge >= 0.3 is 12.1 Å². The van der Waals surface area contributed by atoms with E-state index in [9.17, 15) is 30.0 Å². The second-order valence-electron chi connectivity index (χ2n) is 15.1. The number of allylic oxidation sites excluding steroid dienone is 2. The average molecular weight is 694 g/mol. The molecule has 12 nitrogen and oxygen atoms in total. The predicted molar refractivity (Wildman–Crippen MR) is 188 cm³/mol. The molecule has 4 N–H and O–H groups in total. The van der Waals surface area contributed by atoms with Crippen LogP contribution in [0.3, 0.4) is 0 Å². The fourth-order valence-electron chi connectivity index (χ4n) is 6.48. The van der Waals surface area contributed by atoms with E-state index in [4.69, 9.17) is 14.2 Å². The molecule has 12 heteroatoms. The summed E-state index contributed by atoms with van der Waals surface area (Å²) in [6.45, 7) is 15.2. The van der Waals surface area contributed by atoms with Gasteiger partial charge in [0.2, 0.25) is 0 Å². The number of piperazine rings is 1. The van der Waals surface area contributed by atoms with E-state index in [1.807, 2.05) is 41.8 Å². The second-order valence-corrected chi connectivity index (χ2v) is 15.1. The van der Waals surface area contributed by atoms with Gasteiger partial charge in [-0.1, -0.05) is 45.1 Å². The van der Waals surface area contributed by atoms with Gasteiger partial charge in [0.25, 0.3) is 0 Å². The molecule has 3 aliphatic rings. The molecule has 0 bridgehead atoms. The van der Waals surface area contributed by atoms with Gasteiger partial charge in [-0.3, -0.25) is 9.69 Å². The van der Waals surface area contributed by atoms with Gasteiger partial charge < -0.3 is 44.4 Å². The van der Waals surface area contributed by atoms with E-state index in [0.29, 0.717) is 31.5 Å². The number of epoxide rings is 1. The average Bonchev–Trinajstić information content (AvgIpc) is 3.80. The number of nitrogens with zero attached hydrogens (tertiary/aromatic N) is 3. The lowest BCUT2D eigenvalue weighted by Gasteiger charge is -2.37. The van der Waals surface area contributed by atoms with Crippen LogP contribution in [0.4, 0.5) is 4.79 Å². The summed E-state index contributed by atoms with van der Waals surface area (Å²) < 4.78 is 17.5. The van der Waals surface area contributed by atoms with E-state index >= 15 is 0 Å². The molecule has 1 amide bonds. The first-order valence-corrected chi connectivity index (χ1v) is 17.9. The molecule has 0 aromatic carbocycles. The molecule has 3 aliphatic heterocycles. The molecule has 10 atom stereocenters. The number of cyclic esters (lactones) is 1. The van der Waals surface area contributed by atoms with Gasteiger partial charge in [0, 0.05) is 57.5 Å². The van der Waals surface area contributed by atoms with E-state index in [2.05, 4.69) is 9.80 Å². The van der Waals surface area contributed by atoms with Crippen LogP contribution in [0.15, 0.2) is 36.0 Å². The minimum atomic E-state index is -1.49. The molecule has 3 heterocycles. The van der Waals surface area contributed by atoms with Gasteiger partial charge in [0.05, 0.1) is 36.4 Å². The molecule has 49 heavy (non-hydrogen) atoms. The largest absolute Gasteiger partial charge is 0.457 e. The highest BCUT2D eigenvalue weighted by molar-refractivity contribution is 5.70. The molecular formula is C37H63N3O9. The topological polar surface area (TPSA) is 156 Å². The fraction of sp³-hybridized carbons (Fsp3) is 0.784. The Kier molecular flexibility index (Phi) is 15.3. The normalized spacial score (nSPS) is 34.0. The van der Waals surface area contributed by atoms with Crippen molar-refractivity contribution >= 4 is 12.1 Å². The molecule has 2 saturated heterocycles. The maximum Gasteiger partial charge on any atom is 0.410 e. The highest BCUT2D eigenvalue weighted by Gasteiger charge is 2.47. The van der Waals surface area contributed by atoms with Crippen molar-refractivity contribution < 1.29 is 44.2 Å². The van der Waals surface area contributed by atoms with Crippen molar-refractivity contribution in [3.05, 3.63) is 36.0 Å². The number of hydrogen-bond acceptors (Lipinski definition) is 11. The Labute approximate surface area is 293 Å². The monoisotopic (exact) mass is 693 g/mol. The third kappa shape index (κ3) is 13.1. The zero-order valence-corrected chi connectivity index (χ0v) is 31.0. The zero-order valence-electron chi connectivity index (χ0n) is 31.0. The van der Waals surface area contributed by atoms with Gasteiger partial charge in [-0.05, 0) is 65.8 Å². The predicted octanol–water partition coefficient (Wildman–Crippen LogP) is 2.89. The van der Waals surface area contributed by atoms with Gasteiger partial charge in [0.15, 0.2) is 6.10 Å². The standard InChI is InChI=1S/C37H63N3O9/c1-9-29(42)27(4)34-30(47-34)24-36(5,45)15-10-11-25(2)33-26(3)12-13-31(37(6,46)16-14-28(41)23-32(43)49-33)48-35(44)40-21-19-39(20-22-40)18-17-38(7)8/h10-13,15,26-31,33-34,41-42,45-46H,9,14,16-24H2,1-8H3/b13-12+,15-10+,25-11+. The van der Waals surface area contributed by atoms with Crippen molar-refractivity contribution in [3.63, 3.8) is 0 Å². The summed E-state index contributed by atoms with van der Waals surface area (Å²) >= 11 is 0. The van der Waals surface area contributed by atoms with Crippen molar-refractivity contribution in [1.82, 2.24) is 14.7 Å². The molecular weight excluding hydrogens is 630 g/mol. The SMILES string of the molecule is CCC(O)C(C)C1OC1CC(C)(O)/C=C/C=C(\C)C1OC(=O)CC(O)CCC(C)(O)C(OC(=O)N2CCN(CCN(C)C)CC2)/C=C/C1C. The summed E-state index contributed by atoms with van der Waals surface area (Å²) in [5.74, 6) is -0.953. The number of aliphatic hydroxyl groups excluding tert-OH is 2. The Hall–Kier alpha value is -2.32. The number of carbonyl (C=O) groups is 2. The number of amides is 1. The van der Waals surface area contributed by atoms with E-state index in [1.54, 1.807) is 49.1 Å². The first-order valence-electron chi connectivity index (χ1n) is 17.9. The molecule has 280 valence electrons. The Bertz CT molecular complexity index is 1160.